The lowest BCUT2D eigenvalue weighted by Crippen LogP contribution is -2.51. The second kappa shape index (κ2) is 6.11. The number of rotatable bonds is 2. The Labute approximate surface area is 137 Å². The van der Waals surface area contributed by atoms with Gasteiger partial charge in [-0.25, -0.2) is 4.79 Å². The molecule has 0 aliphatic carbocycles. The van der Waals surface area contributed by atoms with Crippen LogP contribution in [0.5, 0.6) is 0 Å². The fourth-order valence-corrected chi connectivity index (χ4v) is 2.50. The van der Waals surface area contributed by atoms with Crippen LogP contribution in [0.1, 0.15) is 18.1 Å². The molecule has 1 aromatic rings. The molecule has 0 radical (unpaired) electrons. The number of carbonyl (C=O) groups excluding carboxylic acids is 1. The van der Waals surface area contributed by atoms with Gasteiger partial charge in [0.1, 0.15) is 12.1 Å². The van der Waals surface area contributed by atoms with Crippen LogP contribution in [0.4, 0.5) is 36.8 Å². The molecule has 1 aromatic carbocycles. The van der Waals surface area contributed by atoms with E-state index in [9.17, 15) is 36.2 Å². The first kappa shape index (κ1) is 18.9. The summed E-state index contributed by atoms with van der Waals surface area (Å²) in [6.45, 7) is 1.08. The maximum atomic E-state index is 13.0. The fraction of sp³-hybridized carbons (Fsp3) is 0.429. The van der Waals surface area contributed by atoms with E-state index in [1.807, 2.05) is 0 Å². The molecule has 3 atom stereocenters. The summed E-state index contributed by atoms with van der Waals surface area (Å²) < 4.78 is 82.1. The van der Waals surface area contributed by atoms with Gasteiger partial charge in [0.05, 0.1) is 17.2 Å². The predicted molar refractivity (Wildman–Crippen MR) is 70.4 cm³/mol. The zero-order chi connectivity index (χ0) is 19.2. The van der Waals surface area contributed by atoms with E-state index in [1.165, 1.54) is 6.07 Å². The topological polar surface area (TPSA) is 73.6 Å². The van der Waals surface area contributed by atoms with E-state index in [0.29, 0.717) is 11.0 Å². The number of amides is 1. The number of carbonyl (C=O) groups is 1. The van der Waals surface area contributed by atoms with Gasteiger partial charge >= 0.3 is 18.4 Å². The van der Waals surface area contributed by atoms with Gasteiger partial charge in [0, 0.05) is 5.69 Å². The first-order valence-corrected chi connectivity index (χ1v) is 6.74. The zero-order valence-corrected chi connectivity index (χ0v) is 12.4. The molecule has 1 amide bonds. The van der Waals surface area contributed by atoms with Gasteiger partial charge in [-0.15, -0.1) is 0 Å². The van der Waals surface area contributed by atoms with Crippen LogP contribution in [0.2, 0.25) is 0 Å². The number of alkyl halides is 6. The number of nitriles is 1. The summed E-state index contributed by atoms with van der Waals surface area (Å²) in [5.41, 5.74) is -2.75. The molecule has 2 rings (SSSR count). The lowest BCUT2D eigenvalue weighted by atomic mass is 10.0. The summed E-state index contributed by atoms with van der Waals surface area (Å²) in [6.07, 6.45) is -15.9. The Hall–Kier alpha value is -2.48. The first-order chi connectivity index (χ1) is 11.4. The van der Waals surface area contributed by atoms with Crippen LogP contribution in [-0.4, -0.2) is 35.6 Å². The van der Waals surface area contributed by atoms with Gasteiger partial charge < -0.3 is 9.84 Å². The molecule has 11 heteroatoms. The molecular formula is C14H10F6N2O3. The minimum Gasteiger partial charge on any atom is -0.444 e. The summed E-state index contributed by atoms with van der Waals surface area (Å²) in [4.78, 5) is 12.1. The average molecular weight is 368 g/mol. The Morgan fingerprint density at radius 1 is 1.28 bits per heavy atom. The van der Waals surface area contributed by atoms with Gasteiger partial charge in [0.15, 0.2) is 6.10 Å². The van der Waals surface area contributed by atoms with E-state index in [0.717, 1.165) is 19.1 Å². The van der Waals surface area contributed by atoms with E-state index in [2.05, 4.69) is 4.74 Å². The van der Waals surface area contributed by atoms with Crippen molar-refractivity contribution in [3.63, 3.8) is 0 Å². The maximum Gasteiger partial charge on any atom is 0.417 e. The largest absolute Gasteiger partial charge is 0.444 e. The van der Waals surface area contributed by atoms with Crippen LogP contribution in [0.3, 0.4) is 0 Å². The Bertz CT molecular complexity index is 725. The van der Waals surface area contributed by atoms with Crippen molar-refractivity contribution < 1.29 is 41.0 Å². The number of hydrogen-bond donors (Lipinski definition) is 1. The van der Waals surface area contributed by atoms with Crippen LogP contribution in [0.15, 0.2) is 18.2 Å². The molecule has 1 saturated heterocycles. The molecule has 1 N–H and O–H groups in total. The minimum absolute atomic E-state index is 0.305. The van der Waals surface area contributed by atoms with Crippen molar-refractivity contribution in [2.24, 2.45) is 0 Å². The third-order valence-corrected chi connectivity index (χ3v) is 3.63. The fourth-order valence-electron chi connectivity index (χ4n) is 2.50. The number of aliphatic hydroxyl groups is 1. The molecule has 0 bridgehead atoms. The number of benzene rings is 1. The van der Waals surface area contributed by atoms with E-state index >= 15 is 0 Å². The minimum atomic E-state index is -5.12. The highest BCUT2D eigenvalue weighted by Gasteiger charge is 2.54. The highest BCUT2D eigenvalue weighted by Crippen LogP contribution is 2.38. The molecule has 0 aromatic heterocycles. The Morgan fingerprint density at radius 2 is 1.88 bits per heavy atom. The summed E-state index contributed by atoms with van der Waals surface area (Å²) in [6, 6.07) is 1.32. The Kier molecular flexibility index (Phi) is 4.61. The number of cyclic esters (lactones) is 1. The van der Waals surface area contributed by atoms with E-state index in [4.69, 9.17) is 5.26 Å². The van der Waals surface area contributed by atoms with Crippen LogP contribution in [-0.2, 0) is 10.9 Å². The summed E-state index contributed by atoms with van der Waals surface area (Å²) in [5, 5.41) is 18.2. The molecule has 0 spiro atoms. The maximum absolute atomic E-state index is 13.0. The molecular weight excluding hydrogens is 358 g/mol. The van der Waals surface area contributed by atoms with Crippen molar-refractivity contribution in [3.8, 4) is 6.07 Å². The Morgan fingerprint density at radius 3 is 2.36 bits per heavy atom. The van der Waals surface area contributed by atoms with Crippen molar-refractivity contribution in [3.05, 3.63) is 29.3 Å². The van der Waals surface area contributed by atoms with Gasteiger partial charge in [-0.3, -0.25) is 4.90 Å². The third-order valence-electron chi connectivity index (χ3n) is 3.63. The van der Waals surface area contributed by atoms with Crippen LogP contribution >= 0.6 is 0 Å². The molecule has 136 valence electrons. The molecule has 1 aliphatic rings. The monoisotopic (exact) mass is 368 g/mol. The predicted octanol–water partition coefficient (Wildman–Crippen LogP) is 3.21. The van der Waals surface area contributed by atoms with Gasteiger partial charge in [0.2, 0.25) is 0 Å². The summed E-state index contributed by atoms with van der Waals surface area (Å²) >= 11 is 0. The van der Waals surface area contributed by atoms with Crippen molar-refractivity contribution in [1.82, 2.24) is 0 Å². The zero-order valence-electron chi connectivity index (χ0n) is 12.4. The molecule has 0 saturated carbocycles. The lowest BCUT2D eigenvalue weighted by Gasteiger charge is -2.29. The molecule has 1 heterocycles. The van der Waals surface area contributed by atoms with Gasteiger partial charge in [-0.1, -0.05) is 0 Å². The van der Waals surface area contributed by atoms with E-state index in [-0.39, 0.29) is 0 Å². The van der Waals surface area contributed by atoms with Crippen LogP contribution < -0.4 is 4.90 Å². The van der Waals surface area contributed by atoms with Gasteiger partial charge in [0.25, 0.3) is 0 Å². The van der Waals surface area contributed by atoms with Crippen LogP contribution in [0.25, 0.3) is 0 Å². The normalized spacial score (nSPS) is 22.5. The third kappa shape index (κ3) is 3.48. The second-order valence-corrected chi connectivity index (χ2v) is 5.28. The highest BCUT2D eigenvalue weighted by molar-refractivity contribution is 5.91. The lowest BCUT2D eigenvalue weighted by molar-refractivity contribution is -0.212. The molecule has 25 heavy (non-hydrogen) atoms. The number of ether oxygens (including phenoxy) is 1. The van der Waals surface area contributed by atoms with Gasteiger partial charge in [-0.05, 0) is 25.1 Å². The number of anilines is 1. The van der Waals surface area contributed by atoms with E-state index in [1.54, 1.807) is 0 Å². The molecule has 1 fully saturated rings. The summed E-state index contributed by atoms with van der Waals surface area (Å²) in [5.74, 6) is 0. The quantitative estimate of drug-likeness (QED) is 0.814. The number of halogens is 6. The number of nitrogens with zero attached hydrogens (tertiary/aromatic N) is 2. The van der Waals surface area contributed by atoms with Crippen molar-refractivity contribution >= 4 is 11.8 Å². The van der Waals surface area contributed by atoms with Gasteiger partial charge in [-0.2, -0.15) is 31.6 Å². The Balaban J connectivity index is 2.55. The molecule has 1 aliphatic heterocycles. The summed E-state index contributed by atoms with van der Waals surface area (Å²) in [7, 11) is 0. The van der Waals surface area contributed by atoms with Crippen molar-refractivity contribution in [2.75, 3.05) is 4.90 Å². The van der Waals surface area contributed by atoms with Crippen LogP contribution in [0, 0.1) is 11.3 Å². The highest BCUT2D eigenvalue weighted by atomic mass is 19.4. The molecule has 0 unspecified atom stereocenters. The second-order valence-electron chi connectivity index (χ2n) is 5.28. The first-order valence-electron chi connectivity index (χ1n) is 6.74. The standard InChI is InChI=1S/C14H10F6N2O3/c1-6-10(11(23)14(18,19)20)22(12(24)25-6)8-3-2-7(5-21)9(4-8)13(15,16)17/h2-4,6,10-11,23H,1H3/t6-,10-,11+/m1/s1. The average Bonchev–Trinajstić information content (AvgIpc) is 2.78. The number of hydrogen-bond acceptors (Lipinski definition) is 4. The molecule has 5 nitrogen and oxygen atoms in total. The smallest absolute Gasteiger partial charge is 0.417 e. The van der Waals surface area contributed by atoms with E-state index < -0.39 is 53.5 Å². The SMILES string of the molecule is C[C@H]1OC(=O)N(c2ccc(C#N)c(C(F)(F)F)c2)[C@H]1[C@H](O)C(F)(F)F. The van der Waals surface area contributed by atoms with Crippen molar-refractivity contribution in [1.29, 1.82) is 5.26 Å². The number of aliphatic hydroxyl groups excluding tert-OH is 1. The van der Waals surface area contributed by atoms with Crippen molar-refractivity contribution in [2.45, 2.75) is 37.5 Å².